The summed E-state index contributed by atoms with van der Waals surface area (Å²) in [6, 6.07) is 10.1. The minimum absolute atomic E-state index is 0.0957. The van der Waals surface area contributed by atoms with Crippen LogP contribution in [-0.4, -0.2) is 96.2 Å². The Balaban J connectivity index is 1.48. The Hall–Kier alpha value is -3.40. The third kappa shape index (κ3) is 6.23. The highest BCUT2D eigenvalue weighted by molar-refractivity contribution is 6.33. The van der Waals surface area contributed by atoms with Crippen LogP contribution in [0.3, 0.4) is 0 Å². The number of nitrogens with zero attached hydrogens (tertiary/aromatic N) is 5. The van der Waals surface area contributed by atoms with E-state index in [9.17, 15) is 9.90 Å². The van der Waals surface area contributed by atoms with Crippen LogP contribution in [0.25, 0.3) is 11.3 Å². The van der Waals surface area contributed by atoms with Crippen LogP contribution < -0.4 is 10.1 Å². The number of halogens is 1. The van der Waals surface area contributed by atoms with Gasteiger partial charge in [0.1, 0.15) is 17.3 Å². The maximum Gasteiger partial charge on any atom is 0.257 e. The molecular formula is C26H31ClN6O3. The number of phenolic OH excluding ortho intramolecular Hbond substituents is 1. The minimum Gasteiger partial charge on any atom is -0.508 e. The van der Waals surface area contributed by atoms with Gasteiger partial charge < -0.3 is 25.0 Å². The highest BCUT2D eigenvalue weighted by atomic mass is 35.5. The number of hydrogen-bond acceptors (Lipinski definition) is 8. The van der Waals surface area contributed by atoms with E-state index >= 15 is 0 Å². The Morgan fingerprint density at radius 1 is 1.14 bits per heavy atom. The van der Waals surface area contributed by atoms with Gasteiger partial charge in [0.15, 0.2) is 0 Å². The molecule has 36 heavy (non-hydrogen) atoms. The van der Waals surface area contributed by atoms with Crippen LogP contribution in [0.5, 0.6) is 11.5 Å². The van der Waals surface area contributed by atoms with Crippen molar-refractivity contribution in [3.8, 4) is 22.8 Å². The molecule has 3 aromatic rings. The van der Waals surface area contributed by atoms with Crippen molar-refractivity contribution in [1.82, 2.24) is 24.7 Å². The molecule has 1 fully saturated rings. The number of carbonyl (C=O) groups is 1. The number of anilines is 2. The first-order valence-corrected chi connectivity index (χ1v) is 12.1. The molecule has 0 aliphatic carbocycles. The van der Waals surface area contributed by atoms with E-state index in [0.29, 0.717) is 46.6 Å². The van der Waals surface area contributed by atoms with Crippen LogP contribution in [-0.2, 0) is 0 Å². The lowest BCUT2D eigenvalue weighted by atomic mass is 10.1. The van der Waals surface area contributed by atoms with E-state index < -0.39 is 0 Å². The summed E-state index contributed by atoms with van der Waals surface area (Å²) in [6.45, 7) is 4.98. The Labute approximate surface area is 216 Å². The van der Waals surface area contributed by atoms with Gasteiger partial charge >= 0.3 is 0 Å². The molecular weight excluding hydrogens is 480 g/mol. The average Bonchev–Trinajstić information content (AvgIpc) is 2.89. The summed E-state index contributed by atoms with van der Waals surface area (Å²) in [6.07, 6.45) is 3.23. The van der Waals surface area contributed by atoms with E-state index in [1.54, 1.807) is 48.8 Å². The molecule has 0 radical (unpaired) electrons. The van der Waals surface area contributed by atoms with E-state index in [1.165, 1.54) is 7.11 Å². The van der Waals surface area contributed by atoms with Gasteiger partial charge in [-0.05, 0) is 44.4 Å². The van der Waals surface area contributed by atoms with Crippen molar-refractivity contribution in [1.29, 1.82) is 0 Å². The van der Waals surface area contributed by atoms with Gasteiger partial charge in [-0.1, -0.05) is 11.6 Å². The second kappa shape index (κ2) is 11.6. The molecule has 1 aliphatic rings. The van der Waals surface area contributed by atoms with Crippen molar-refractivity contribution < 1.29 is 14.6 Å². The van der Waals surface area contributed by atoms with E-state index in [-0.39, 0.29) is 11.7 Å². The molecule has 1 saturated heterocycles. The highest BCUT2D eigenvalue weighted by Gasteiger charge is 2.25. The Morgan fingerprint density at radius 2 is 1.86 bits per heavy atom. The first kappa shape index (κ1) is 25.7. The molecule has 4 rings (SSSR count). The molecule has 2 N–H and O–H groups in total. The molecule has 0 saturated carbocycles. The molecule has 1 aromatic heterocycles. The topological polar surface area (TPSA) is 94.1 Å². The summed E-state index contributed by atoms with van der Waals surface area (Å²) in [4.78, 5) is 28.5. The normalized spacial score (nSPS) is 14.2. The summed E-state index contributed by atoms with van der Waals surface area (Å²) < 4.78 is 5.56. The number of phenols is 1. The van der Waals surface area contributed by atoms with Gasteiger partial charge in [0.2, 0.25) is 0 Å². The number of aromatic hydroxyl groups is 1. The van der Waals surface area contributed by atoms with Crippen LogP contribution >= 0.6 is 11.6 Å². The van der Waals surface area contributed by atoms with Crippen molar-refractivity contribution in [3.05, 3.63) is 59.4 Å². The number of hydrogen-bond donors (Lipinski definition) is 2. The van der Waals surface area contributed by atoms with Gasteiger partial charge in [-0.15, -0.1) is 0 Å². The predicted octanol–water partition coefficient (Wildman–Crippen LogP) is 3.57. The first-order valence-electron chi connectivity index (χ1n) is 11.8. The predicted molar refractivity (Wildman–Crippen MR) is 141 cm³/mol. The quantitative estimate of drug-likeness (QED) is 0.475. The fourth-order valence-corrected chi connectivity index (χ4v) is 4.22. The van der Waals surface area contributed by atoms with Crippen LogP contribution in [0.1, 0.15) is 10.4 Å². The van der Waals surface area contributed by atoms with Gasteiger partial charge in [-0.3, -0.25) is 14.7 Å². The van der Waals surface area contributed by atoms with Gasteiger partial charge in [0.25, 0.3) is 5.91 Å². The highest BCUT2D eigenvalue weighted by Crippen LogP contribution is 2.34. The standard InChI is InChI=1S/C26H31ClN6O3/c1-31(2)8-9-32-10-12-33(13-11-32)26(35)20-14-21(27)22(15-24(20)36-3)29-25-17-28-16-23(30-25)18-4-6-19(34)7-5-18/h4-7,14-17,34H,8-13H2,1-3H3,(H,29,30). The van der Waals surface area contributed by atoms with Crippen LogP contribution in [0.15, 0.2) is 48.8 Å². The third-order valence-corrected chi connectivity index (χ3v) is 6.42. The Morgan fingerprint density at radius 3 is 2.53 bits per heavy atom. The number of carbonyl (C=O) groups excluding carboxylic acids is 1. The lowest BCUT2D eigenvalue weighted by molar-refractivity contribution is 0.0626. The lowest BCUT2D eigenvalue weighted by Crippen LogP contribution is -2.50. The number of benzene rings is 2. The van der Waals surface area contributed by atoms with Crippen LogP contribution in [0.2, 0.25) is 5.02 Å². The maximum atomic E-state index is 13.3. The molecule has 1 aliphatic heterocycles. The summed E-state index contributed by atoms with van der Waals surface area (Å²) in [5, 5.41) is 13.1. The molecule has 1 amide bonds. The van der Waals surface area contributed by atoms with Gasteiger partial charge in [0, 0.05) is 50.9 Å². The second-order valence-electron chi connectivity index (χ2n) is 8.93. The zero-order chi connectivity index (χ0) is 25.7. The molecule has 0 unspecified atom stereocenters. The lowest BCUT2D eigenvalue weighted by Gasteiger charge is -2.35. The fraction of sp³-hybridized carbons (Fsp3) is 0.346. The van der Waals surface area contributed by atoms with Crippen LogP contribution in [0.4, 0.5) is 11.5 Å². The molecule has 0 atom stereocenters. The number of methoxy groups -OCH3 is 1. The van der Waals surface area contributed by atoms with Crippen LogP contribution in [0, 0.1) is 0 Å². The summed E-state index contributed by atoms with van der Waals surface area (Å²) >= 11 is 6.58. The number of likely N-dealkylation sites (N-methyl/N-ethyl adjacent to an activating group) is 1. The van der Waals surface area contributed by atoms with Crippen molar-refractivity contribution in [2.24, 2.45) is 0 Å². The van der Waals surface area contributed by atoms with Gasteiger partial charge in [-0.25, -0.2) is 4.98 Å². The van der Waals surface area contributed by atoms with E-state index in [4.69, 9.17) is 16.3 Å². The first-order chi connectivity index (χ1) is 17.3. The Bertz CT molecular complexity index is 1200. The van der Waals surface area contributed by atoms with Gasteiger partial charge in [0.05, 0.1) is 41.5 Å². The largest absolute Gasteiger partial charge is 0.508 e. The average molecular weight is 511 g/mol. The Kier molecular flexibility index (Phi) is 8.25. The smallest absolute Gasteiger partial charge is 0.257 e. The zero-order valence-corrected chi connectivity index (χ0v) is 21.5. The number of amides is 1. The molecule has 2 heterocycles. The van der Waals surface area contributed by atoms with E-state index in [1.807, 2.05) is 4.90 Å². The summed E-state index contributed by atoms with van der Waals surface area (Å²) in [5.74, 6) is 1.00. The van der Waals surface area contributed by atoms with Crippen molar-refractivity contribution in [3.63, 3.8) is 0 Å². The third-order valence-electron chi connectivity index (χ3n) is 6.10. The summed E-state index contributed by atoms with van der Waals surface area (Å²) in [5.41, 5.74) is 2.43. The molecule has 2 aromatic carbocycles. The van der Waals surface area contributed by atoms with E-state index in [2.05, 4.69) is 39.2 Å². The zero-order valence-electron chi connectivity index (χ0n) is 20.7. The van der Waals surface area contributed by atoms with Crippen molar-refractivity contribution >= 4 is 29.0 Å². The molecule has 10 heteroatoms. The fourth-order valence-electron chi connectivity index (χ4n) is 4.01. The van der Waals surface area contributed by atoms with Crippen molar-refractivity contribution in [2.75, 3.05) is 65.8 Å². The molecule has 9 nitrogen and oxygen atoms in total. The SMILES string of the molecule is COc1cc(Nc2cncc(-c3ccc(O)cc3)n2)c(Cl)cc1C(=O)N1CCN(CCN(C)C)CC1. The van der Waals surface area contributed by atoms with Gasteiger partial charge in [-0.2, -0.15) is 0 Å². The number of ether oxygens (including phenoxy) is 1. The molecule has 0 bridgehead atoms. The summed E-state index contributed by atoms with van der Waals surface area (Å²) in [7, 11) is 5.66. The molecule has 0 spiro atoms. The monoisotopic (exact) mass is 510 g/mol. The second-order valence-corrected chi connectivity index (χ2v) is 9.34. The minimum atomic E-state index is -0.0957. The number of aromatic nitrogens is 2. The van der Waals surface area contributed by atoms with E-state index in [0.717, 1.165) is 31.7 Å². The van der Waals surface area contributed by atoms with Crippen molar-refractivity contribution in [2.45, 2.75) is 0 Å². The number of rotatable bonds is 8. The maximum absolute atomic E-state index is 13.3. The molecule has 190 valence electrons. The number of nitrogens with one attached hydrogen (secondary N) is 1. The number of piperazine rings is 1.